The maximum Gasteiger partial charge on any atom is 0.337 e. The van der Waals surface area contributed by atoms with Crippen LogP contribution in [0.1, 0.15) is 29.9 Å². The molecule has 0 bridgehead atoms. The van der Waals surface area contributed by atoms with E-state index in [2.05, 4.69) is 18.8 Å². The highest BCUT2D eigenvalue weighted by Gasteiger charge is 2.09. The molecule has 2 rings (SSSR count). The van der Waals surface area contributed by atoms with Crippen molar-refractivity contribution in [3.8, 4) is 17.0 Å². The average molecular weight is 285 g/mol. The zero-order valence-corrected chi connectivity index (χ0v) is 12.5. The summed E-state index contributed by atoms with van der Waals surface area (Å²) in [4.78, 5) is 15.3. The minimum Gasteiger partial charge on any atom is -0.493 e. The van der Waals surface area contributed by atoms with Gasteiger partial charge in [0.25, 0.3) is 0 Å². The van der Waals surface area contributed by atoms with Gasteiger partial charge in [0.15, 0.2) is 0 Å². The molecule has 0 atom stereocenters. The van der Waals surface area contributed by atoms with E-state index in [-0.39, 0.29) is 5.56 Å². The highest BCUT2D eigenvalue weighted by Crippen LogP contribution is 2.22. The number of aromatic nitrogens is 1. The van der Waals surface area contributed by atoms with Crippen LogP contribution in [-0.4, -0.2) is 22.7 Å². The van der Waals surface area contributed by atoms with Crippen molar-refractivity contribution in [2.75, 3.05) is 6.61 Å². The van der Waals surface area contributed by atoms with Gasteiger partial charge in [-0.05, 0) is 49.2 Å². The number of carboxylic acid groups (broad SMARTS) is 1. The van der Waals surface area contributed by atoms with Crippen molar-refractivity contribution in [2.45, 2.75) is 20.8 Å². The monoisotopic (exact) mass is 285 g/mol. The summed E-state index contributed by atoms with van der Waals surface area (Å²) < 4.78 is 5.63. The number of rotatable bonds is 5. The molecule has 110 valence electrons. The SMILES string of the molecule is Cc1nc(-c2ccc(OCC(C)C)cc2)ccc1C(=O)O. The van der Waals surface area contributed by atoms with Gasteiger partial charge in [0.05, 0.1) is 23.6 Å². The van der Waals surface area contributed by atoms with Gasteiger partial charge in [-0.2, -0.15) is 0 Å². The van der Waals surface area contributed by atoms with E-state index >= 15 is 0 Å². The number of hydrogen-bond donors (Lipinski definition) is 1. The van der Waals surface area contributed by atoms with Crippen LogP contribution in [0.5, 0.6) is 5.75 Å². The topological polar surface area (TPSA) is 59.4 Å². The van der Waals surface area contributed by atoms with Crippen LogP contribution in [0, 0.1) is 12.8 Å². The lowest BCUT2D eigenvalue weighted by molar-refractivity contribution is 0.0695. The van der Waals surface area contributed by atoms with E-state index in [0.717, 1.165) is 17.0 Å². The highest BCUT2D eigenvalue weighted by molar-refractivity contribution is 5.89. The van der Waals surface area contributed by atoms with Crippen LogP contribution in [0.25, 0.3) is 11.3 Å². The first-order valence-corrected chi connectivity index (χ1v) is 6.91. The molecule has 0 saturated carbocycles. The Kier molecular flexibility index (Phi) is 4.58. The predicted octanol–water partition coefficient (Wildman–Crippen LogP) is 3.79. The maximum atomic E-state index is 11.0. The molecule has 0 aliphatic heterocycles. The van der Waals surface area contributed by atoms with Crippen LogP contribution in [0.4, 0.5) is 0 Å². The molecule has 1 N–H and O–H groups in total. The number of carbonyl (C=O) groups is 1. The summed E-state index contributed by atoms with van der Waals surface area (Å²) >= 11 is 0. The maximum absolute atomic E-state index is 11.0. The Balaban J connectivity index is 2.19. The Bertz CT molecular complexity index is 633. The molecule has 2 aromatic rings. The fraction of sp³-hybridized carbons (Fsp3) is 0.294. The Morgan fingerprint density at radius 3 is 2.38 bits per heavy atom. The van der Waals surface area contributed by atoms with Crippen LogP contribution in [0.3, 0.4) is 0 Å². The first-order valence-electron chi connectivity index (χ1n) is 6.91. The van der Waals surface area contributed by atoms with E-state index in [4.69, 9.17) is 9.84 Å². The molecule has 0 unspecified atom stereocenters. The molecule has 4 nitrogen and oxygen atoms in total. The summed E-state index contributed by atoms with van der Waals surface area (Å²) in [5.41, 5.74) is 2.44. The van der Waals surface area contributed by atoms with Gasteiger partial charge in [0.2, 0.25) is 0 Å². The van der Waals surface area contributed by atoms with Crippen molar-refractivity contribution in [1.82, 2.24) is 4.98 Å². The minimum atomic E-state index is -0.955. The fourth-order valence-electron chi connectivity index (χ4n) is 1.93. The molecule has 1 aromatic carbocycles. The molecule has 0 spiro atoms. The number of aryl methyl sites for hydroxylation is 1. The van der Waals surface area contributed by atoms with Gasteiger partial charge in [0, 0.05) is 5.56 Å². The summed E-state index contributed by atoms with van der Waals surface area (Å²) in [6.07, 6.45) is 0. The standard InChI is InChI=1S/C17H19NO3/c1-11(2)10-21-14-6-4-13(5-7-14)16-9-8-15(17(19)20)12(3)18-16/h4-9,11H,10H2,1-3H3,(H,19,20). The van der Waals surface area contributed by atoms with Gasteiger partial charge >= 0.3 is 5.97 Å². The molecular formula is C17H19NO3. The van der Waals surface area contributed by atoms with Gasteiger partial charge in [0.1, 0.15) is 5.75 Å². The zero-order valence-electron chi connectivity index (χ0n) is 12.5. The number of benzene rings is 1. The lowest BCUT2D eigenvalue weighted by atomic mass is 10.1. The molecular weight excluding hydrogens is 266 g/mol. The number of ether oxygens (including phenoxy) is 1. The van der Waals surface area contributed by atoms with E-state index < -0.39 is 5.97 Å². The Labute approximate surface area is 124 Å². The fourth-order valence-corrected chi connectivity index (χ4v) is 1.93. The molecule has 0 amide bonds. The zero-order chi connectivity index (χ0) is 15.4. The van der Waals surface area contributed by atoms with E-state index in [0.29, 0.717) is 18.2 Å². The molecule has 21 heavy (non-hydrogen) atoms. The molecule has 0 fully saturated rings. The molecule has 0 saturated heterocycles. The minimum absolute atomic E-state index is 0.232. The van der Waals surface area contributed by atoms with Crippen LogP contribution in [-0.2, 0) is 0 Å². The number of aromatic carboxylic acids is 1. The van der Waals surface area contributed by atoms with Crippen molar-refractivity contribution < 1.29 is 14.6 Å². The Morgan fingerprint density at radius 2 is 1.86 bits per heavy atom. The quantitative estimate of drug-likeness (QED) is 0.908. The number of carboxylic acids is 1. The summed E-state index contributed by atoms with van der Waals surface area (Å²) in [6, 6.07) is 11.0. The van der Waals surface area contributed by atoms with Crippen LogP contribution >= 0.6 is 0 Å². The predicted molar refractivity (Wildman–Crippen MR) is 81.7 cm³/mol. The number of hydrogen-bond acceptors (Lipinski definition) is 3. The molecule has 1 heterocycles. The molecule has 0 aliphatic carbocycles. The van der Waals surface area contributed by atoms with E-state index in [1.54, 1.807) is 19.1 Å². The van der Waals surface area contributed by atoms with Crippen molar-refractivity contribution in [2.24, 2.45) is 5.92 Å². The Morgan fingerprint density at radius 1 is 1.19 bits per heavy atom. The lowest BCUT2D eigenvalue weighted by Crippen LogP contribution is -2.04. The van der Waals surface area contributed by atoms with Crippen molar-refractivity contribution in [3.05, 3.63) is 47.7 Å². The van der Waals surface area contributed by atoms with Crippen LogP contribution in [0.15, 0.2) is 36.4 Å². The van der Waals surface area contributed by atoms with Crippen molar-refractivity contribution >= 4 is 5.97 Å². The number of pyridine rings is 1. The third-order valence-electron chi connectivity index (χ3n) is 3.05. The third-order valence-corrected chi connectivity index (χ3v) is 3.05. The van der Waals surface area contributed by atoms with Crippen molar-refractivity contribution in [1.29, 1.82) is 0 Å². The molecule has 0 aliphatic rings. The van der Waals surface area contributed by atoms with Gasteiger partial charge < -0.3 is 9.84 Å². The second-order valence-electron chi connectivity index (χ2n) is 5.36. The van der Waals surface area contributed by atoms with Crippen LogP contribution < -0.4 is 4.74 Å². The molecule has 1 aromatic heterocycles. The first kappa shape index (κ1) is 15.0. The third kappa shape index (κ3) is 3.81. The lowest BCUT2D eigenvalue weighted by Gasteiger charge is -2.09. The highest BCUT2D eigenvalue weighted by atomic mass is 16.5. The van der Waals surface area contributed by atoms with Crippen molar-refractivity contribution in [3.63, 3.8) is 0 Å². The second kappa shape index (κ2) is 6.39. The summed E-state index contributed by atoms with van der Waals surface area (Å²) in [7, 11) is 0. The summed E-state index contributed by atoms with van der Waals surface area (Å²) in [6.45, 7) is 6.59. The normalized spacial score (nSPS) is 10.7. The first-order chi connectivity index (χ1) is 9.97. The second-order valence-corrected chi connectivity index (χ2v) is 5.36. The smallest absolute Gasteiger partial charge is 0.337 e. The van der Waals surface area contributed by atoms with Gasteiger partial charge in [-0.25, -0.2) is 4.79 Å². The van der Waals surface area contributed by atoms with Crippen LogP contribution in [0.2, 0.25) is 0 Å². The number of nitrogens with zero attached hydrogens (tertiary/aromatic N) is 1. The van der Waals surface area contributed by atoms with Gasteiger partial charge in [-0.1, -0.05) is 13.8 Å². The van der Waals surface area contributed by atoms with Gasteiger partial charge in [-0.15, -0.1) is 0 Å². The van der Waals surface area contributed by atoms with Gasteiger partial charge in [-0.3, -0.25) is 4.98 Å². The summed E-state index contributed by atoms with van der Waals surface area (Å²) in [5.74, 6) is 0.355. The van der Waals surface area contributed by atoms with E-state index in [1.165, 1.54) is 0 Å². The largest absolute Gasteiger partial charge is 0.493 e. The van der Waals surface area contributed by atoms with E-state index in [1.807, 2.05) is 24.3 Å². The molecule has 4 heteroatoms. The van der Waals surface area contributed by atoms with E-state index in [9.17, 15) is 4.79 Å². The summed E-state index contributed by atoms with van der Waals surface area (Å²) in [5, 5.41) is 9.01. The molecule has 0 radical (unpaired) electrons. The average Bonchev–Trinajstić information content (AvgIpc) is 2.45. The Hall–Kier alpha value is -2.36.